The first kappa shape index (κ1) is 13.4. The highest BCUT2D eigenvalue weighted by Crippen LogP contribution is 2.23. The van der Waals surface area contributed by atoms with Gasteiger partial charge in [0.2, 0.25) is 0 Å². The van der Waals surface area contributed by atoms with Crippen molar-refractivity contribution >= 4 is 21.9 Å². The third kappa shape index (κ3) is 3.48. The number of halogens is 1. The van der Waals surface area contributed by atoms with Crippen LogP contribution in [0.2, 0.25) is 0 Å². The molecule has 2 aromatic carbocycles. The van der Waals surface area contributed by atoms with Crippen LogP contribution in [0.25, 0.3) is 0 Å². The fourth-order valence-electron chi connectivity index (χ4n) is 1.50. The predicted molar refractivity (Wildman–Crippen MR) is 73.0 cm³/mol. The van der Waals surface area contributed by atoms with Crippen molar-refractivity contribution in [3.63, 3.8) is 0 Å². The number of phenols is 2. The van der Waals surface area contributed by atoms with Crippen molar-refractivity contribution in [2.45, 2.75) is 6.61 Å². The summed E-state index contributed by atoms with van der Waals surface area (Å²) in [6.07, 6.45) is 0. The molecule has 0 aliphatic rings. The molecule has 0 bridgehead atoms. The summed E-state index contributed by atoms with van der Waals surface area (Å²) < 4.78 is 6.02. The number of carbonyl (C=O) groups excluding carboxylic acids is 1. The van der Waals surface area contributed by atoms with Crippen LogP contribution in [0, 0.1) is 0 Å². The molecule has 0 atom stereocenters. The predicted octanol–water partition coefficient (Wildman–Crippen LogP) is 3.22. The smallest absolute Gasteiger partial charge is 0.342 e. The van der Waals surface area contributed by atoms with Gasteiger partial charge < -0.3 is 14.9 Å². The molecule has 5 heteroatoms. The number of esters is 1. The molecule has 19 heavy (non-hydrogen) atoms. The molecule has 0 heterocycles. The summed E-state index contributed by atoms with van der Waals surface area (Å²) in [6, 6.07) is 11.1. The summed E-state index contributed by atoms with van der Waals surface area (Å²) in [5.74, 6) is -1.05. The van der Waals surface area contributed by atoms with E-state index in [9.17, 15) is 9.90 Å². The highest BCUT2D eigenvalue weighted by Gasteiger charge is 2.13. The lowest BCUT2D eigenvalue weighted by Crippen LogP contribution is -2.05. The molecule has 0 aliphatic heterocycles. The monoisotopic (exact) mass is 322 g/mol. The molecule has 0 aromatic heterocycles. The Morgan fingerprint density at radius 3 is 2.42 bits per heavy atom. The summed E-state index contributed by atoms with van der Waals surface area (Å²) in [6.45, 7) is 0.117. The van der Waals surface area contributed by atoms with Crippen LogP contribution in [0.1, 0.15) is 15.9 Å². The number of ether oxygens (including phenoxy) is 1. The van der Waals surface area contributed by atoms with Crippen LogP contribution >= 0.6 is 15.9 Å². The van der Waals surface area contributed by atoms with E-state index in [1.165, 1.54) is 12.1 Å². The number of hydrogen-bond donors (Lipinski definition) is 2. The third-order valence-corrected chi connectivity index (χ3v) is 3.01. The Hall–Kier alpha value is -2.01. The highest BCUT2D eigenvalue weighted by molar-refractivity contribution is 9.10. The molecule has 0 spiro atoms. The van der Waals surface area contributed by atoms with Crippen molar-refractivity contribution in [3.8, 4) is 11.5 Å². The largest absolute Gasteiger partial charge is 0.508 e. The lowest BCUT2D eigenvalue weighted by molar-refractivity contribution is 0.0469. The maximum Gasteiger partial charge on any atom is 0.342 e. The Labute approximate surface area is 118 Å². The molecular formula is C14H11BrO4. The fourth-order valence-corrected chi connectivity index (χ4v) is 1.76. The van der Waals surface area contributed by atoms with Gasteiger partial charge in [0.05, 0.1) is 0 Å². The molecule has 0 saturated carbocycles. The van der Waals surface area contributed by atoms with Crippen LogP contribution in [-0.4, -0.2) is 16.2 Å². The summed E-state index contributed by atoms with van der Waals surface area (Å²) >= 11 is 3.31. The Bertz CT molecular complexity index is 593. The van der Waals surface area contributed by atoms with Crippen LogP contribution in [-0.2, 0) is 11.3 Å². The zero-order chi connectivity index (χ0) is 13.8. The van der Waals surface area contributed by atoms with Crippen LogP contribution in [0.15, 0.2) is 46.9 Å². The van der Waals surface area contributed by atoms with Gasteiger partial charge in [0.1, 0.15) is 23.7 Å². The Morgan fingerprint density at radius 1 is 1.11 bits per heavy atom. The van der Waals surface area contributed by atoms with E-state index in [0.29, 0.717) is 0 Å². The average molecular weight is 323 g/mol. The van der Waals surface area contributed by atoms with Gasteiger partial charge in [-0.2, -0.15) is 0 Å². The number of hydrogen-bond acceptors (Lipinski definition) is 4. The quantitative estimate of drug-likeness (QED) is 0.851. The Balaban J connectivity index is 2.03. The SMILES string of the molecule is O=C(OCc1ccc(Br)cc1)c1ccc(O)cc1O. The van der Waals surface area contributed by atoms with E-state index in [1.54, 1.807) is 0 Å². The van der Waals surface area contributed by atoms with Crippen LogP contribution in [0.4, 0.5) is 0 Å². The third-order valence-electron chi connectivity index (χ3n) is 2.48. The minimum absolute atomic E-state index is 0.0231. The molecule has 0 radical (unpaired) electrons. The molecule has 0 amide bonds. The van der Waals surface area contributed by atoms with Crippen molar-refractivity contribution in [3.05, 3.63) is 58.1 Å². The van der Waals surface area contributed by atoms with E-state index in [4.69, 9.17) is 9.84 Å². The van der Waals surface area contributed by atoms with Gasteiger partial charge in [-0.25, -0.2) is 4.79 Å². The van der Waals surface area contributed by atoms with Gasteiger partial charge in [-0.3, -0.25) is 0 Å². The maximum atomic E-state index is 11.7. The highest BCUT2D eigenvalue weighted by atomic mass is 79.9. The standard InChI is InChI=1S/C14H11BrO4/c15-10-3-1-9(2-4-10)8-19-14(18)12-6-5-11(16)7-13(12)17/h1-7,16-17H,8H2. The van der Waals surface area contributed by atoms with Gasteiger partial charge in [0.15, 0.2) is 0 Å². The average Bonchev–Trinajstić information content (AvgIpc) is 2.37. The Morgan fingerprint density at radius 2 is 1.79 bits per heavy atom. The molecule has 2 aromatic rings. The zero-order valence-electron chi connectivity index (χ0n) is 9.84. The topological polar surface area (TPSA) is 66.8 Å². The molecule has 2 N–H and O–H groups in total. The summed E-state index contributed by atoms with van der Waals surface area (Å²) in [4.78, 5) is 11.7. The molecule has 0 fully saturated rings. The van der Waals surface area contributed by atoms with Crippen molar-refractivity contribution in [2.24, 2.45) is 0 Å². The molecule has 4 nitrogen and oxygen atoms in total. The first-order chi connectivity index (χ1) is 9.06. The molecule has 0 unspecified atom stereocenters. The lowest BCUT2D eigenvalue weighted by Gasteiger charge is -2.06. The summed E-state index contributed by atoms with van der Waals surface area (Å²) in [5, 5.41) is 18.7. The van der Waals surface area contributed by atoms with E-state index < -0.39 is 5.97 Å². The minimum Gasteiger partial charge on any atom is -0.508 e. The molecular weight excluding hydrogens is 312 g/mol. The number of benzene rings is 2. The number of carbonyl (C=O) groups is 1. The van der Waals surface area contributed by atoms with E-state index in [0.717, 1.165) is 16.1 Å². The first-order valence-corrected chi connectivity index (χ1v) is 6.29. The molecule has 2 rings (SSSR count). The molecule has 0 aliphatic carbocycles. The second kappa shape index (κ2) is 5.75. The van der Waals surface area contributed by atoms with Gasteiger partial charge in [-0.15, -0.1) is 0 Å². The van der Waals surface area contributed by atoms with Gasteiger partial charge in [0, 0.05) is 10.5 Å². The van der Waals surface area contributed by atoms with Crippen LogP contribution < -0.4 is 0 Å². The second-order valence-electron chi connectivity index (χ2n) is 3.90. The van der Waals surface area contributed by atoms with Crippen molar-refractivity contribution in [1.82, 2.24) is 0 Å². The number of phenolic OH excluding ortho intramolecular Hbond substituents is 2. The van der Waals surface area contributed by atoms with E-state index in [-0.39, 0.29) is 23.7 Å². The molecule has 98 valence electrons. The first-order valence-electron chi connectivity index (χ1n) is 5.50. The van der Waals surface area contributed by atoms with Gasteiger partial charge >= 0.3 is 5.97 Å². The fraction of sp³-hybridized carbons (Fsp3) is 0.0714. The summed E-state index contributed by atoms with van der Waals surface area (Å²) in [7, 11) is 0. The van der Waals surface area contributed by atoms with Gasteiger partial charge in [-0.1, -0.05) is 28.1 Å². The zero-order valence-corrected chi connectivity index (χ0v) is 11.4. The number of rotatable bonds is 3. The molecule has 0 saturated heterocycles. The van der Waals surface area contributed by atoms with E-state index in [1.807, 2.05) is 24.3 Å². The summed E-state index contributed by atoms with van der Waals surface area (Å²) in [5.41, 5.74) is 0.865. The van der Waals surface area contributed by atoms with E-state index in [2.05, 4.69) is 15.9 Å². The minimum atomic E-state index is -0.639. The van der Waals surface area contributed by atoms with Gasteiger partial charge in [0.25, 0.3) is 0 Å². The second-order valence-corrected chi connectivity index (χ2v) is 4.82. The van der Waals surface area contributed by atoms with Gasteiger partial charge in [-0.05, 0) is 29.8 Å². The van der Waals surface area contributed by atoms with E-state index >= 15 is 0 Å². The lowest BCUT2D eigenvalue weighted by atomic mass is 10.2. The maximum absolute atomic E-state index is 11.7. The van der Waals surface area contributed by atoms with Crippen LogP contribution in [0.3, 0.4) is 0 Å². The van der Waals surface area contributed by atoms with Crippen LogP contribution in [0.5, 0.6) is 11.5 Å². The Kier molecular flexibility index (Phi) is 4.06. The number of aromatic hydroxyl groups is 2. The van der Waals surface area contributed by atoms with Crippen molar-refractivity contribution in [2.75, 3.05) is 0 Å². The normalized spacial score (nSPS) is 10.2. The van der Waals surface area contributed by atoms with Crippen molar-refractivity contribution in [1.29, 1.82) is 0 Å². The van der Waals surface area contributed by atoms with Crippen molar-refractivity contribution < 1.29 is 19.7 Å².